The summed E-state index contributed by atoms with van der Waals surface area (Å²) in [7, 11) is 0. The molecular weight excluding hydrogens is 253 g/mol. The fourth-order valence-corrected chi connectivity index (χ4v) is 2.07. The van der Waals surface area contributed by atoms with Crippen molar-refractivity contribution in [2.45, 2.75) is 12.5 Å². The maximum atomic E-state index is 8.72. The summed E-state index contributed by atoms with van der Waals surface area (Å²) in [5.41, 5.74) is 6.79. The van der Waals surface area contributed by atoms with Gasteiger partial charge in [0.05, 0.1) is 0 Å². The predicted molar refractivity (Wildman–Crippen MR) is 57.8 cm³/mol. The Morgan fingerprint density at radius 3 is 2.77 bits per heavy atom. The third-order valence-corrected chi connectivity index (χ3v) is 2.72. The lowest BCUT2D eigenvalue weighted by atomic mass is 10.1. The van der Waals surface area contributed by atoms with Crippen LogP contribution < -0.4 is 5.73 Å². The molecule has 0 aliphatic carbocycles. The van der Waals surface area contributed by atoms with Gasteiger partial charge in [-0.25, -0.2) is 0 Å². The topological polar surface area (TPSA) is 46.2 Å². The number of aliphatic hydroxyl groups is 1. The highest BCUT2D eigenvalue weighted by molar-refractivity contribution is 9.10. The fourth-order valence-electron chi connectivity index (χ4n) is 1.10. The van der Waals surface area contributed by atoms with Gasteiger partial charge in [-0.15, -0.1) is 0 Å². The number of hydrogen-bond donors (Lipinski definition) is 2. The molecule has 0 aliphatic rings. The van der Waals surface area contributed by atoms with Crippen LogP contribution in [0.3, 0.4) is 0 Å². The molecular formula is C9H11BrClNO. The molecule has 0 bridgehead atoms. The molecule has 72 valence electrons. The molecule has 0 heterocycles. The van der Waals surface area contributed by atoms with E-state index in [1.54, 1.807) is 12.1 Å². The largest absolute Gasteiger partial charge is 0.396 e. The van der Waals surface area contributed by atoms with E-state index in [1.165, 1.54) is 0 Å². The molecule has 0 aromatic heterocycles. The van der Waals surface area contributed by atoms with Crippen LogP contribution in [0.15, 0.2) is 22.7 Å². The maximum absolute atomic E-state index is 8.72. The zero-order valence-electron chi connectivity index (χ0n) is 7.00. The number of hydrogen-bond acceptors (Lipinski definition) is 2. The first-order valence-electron chi connectivity index (χ1n) is 3.96. The molecule has 0 saturated carbocycles. The summed E-state index contributed by atoms with van der Waals surface area (Å²) in [6.07, 6.45) is 0.556. The Labute approximate surface area is 90.8 Å². The number of nitrogens with two attached hydrogens (primary N) is 1. The molecule has 1 aromatic carbocycles. The van der Waals surface area contributed by atoms with E-state index < -0.39 is 0 Å². The van der Waals surface area contributed by atoms with E-state index in [9.17, 15) is 0 Å². The van der Waals surface area contributed by atoms with Crippen molar-refractivity contribution >= 4 is 27.5 Å². The second kappa shape index (κ2) is 4.96. The number of benzene rings is 1. The van der Waals surface area contributed by atoms with Crippen LogP contribution in [0.1, 0.15) is 18.0 Å². The smallest absolute Gasteiger partial charge is 0.0449 e. The van der Waals surface area contributed by atoms with Crippen LogP contribution in [-0.4, -0.2) is 11.7 Å². The zero-order chi connectivity index (χ0) is 9.84. The lowest BCUT2D eigenvalue weighted by Gasteiger charge is -2.12. The Balaban J connectivity index is 2.88. The molecule has 0 unspecified atom stereocenters. The van der Waals surface area contributed by atoms with E-state index in [2.05, 4.69) is 15.9 Å². The predicted octanol–water partition coefficient (Wildman–Crippen LogP) is 2.48. The van der Waals surface area contributed by atoms with Crippen LogP contribution in [-0.2, 0) is 0 Å². The van der Waals surface area contributed by atoms with Crippen molar-refractivity contribution in [3.8, 4) is 0 Å². The van der Waals surface area contributed by atoms with Gasteiger partial charge in [0, 0.05) is 22.1 Å². The maximum Gasteiger partial charge on any atom is 0.0449 e. The average molecular weight is 265 g/mol. The second-order valence-electron chi connectivity index (χ2n) is 2.78. The normalized spacial score (nSPS) is 12.9. The Bertz CT molecular complexity index is 293. The van der Waals surface area contributed by atoms with Crippen LogP contribution in [0.25, 0.3) is 0 Å². The minimum Gasteiger partial charge on any atom is -0.396 e. The quantitative estimate of drug-likeness (QED) is 0.881. The van der Waals surface area contributed by atoms with E-state index in [1.807, 2.05) is 6.07 Å². The van der Waals surface area contributed by atoms with Gasteiger partial charge in [-0.3, -0.25) is 0 Å². The number of halogens is 2. The Morgan fingerprint density at radius 2 is 2.23 bits per heavy atom. The Hall–Kier alpha value is -0.0900. The molecule has 0 spiro atoms. The average Bonchev–Trinajstić information content (AvgIpc) is 2.04. The summed E-state index contributed by atoms with van der Waals surface area (Å²) in [6, 6.07) is 5.32. The molecule has 0 aliphatic heterocycles. The van der Waals surface area contributed by atoms with Crippen molar-refractivity contribution in [3.63, 3.8) is 0 Å². The van der Waals surface area contributed by atoms with Gasteiger partial charge in [-0.05, 0) is 24.1 Å². The SMILES string of the molecule is N[C@H](CCO)c1ccc(Cl)cc1Br. The summed E-state index contributed by atoms with van der Waals surface area (Å²) in [5, 5.41) is 9.40. The van der Waals surface area contributed by atoms with E-state index in [-0.39, 0.29) is 12.6 Å². The number of rotatable bonds is 3. The fraction of sp³-hybridized carbons (Fsp3) is 0.333. The van der Waals surface area contributed by atoms with Crippen molar-refractivity contribution in [2.24, 2.45) is 5.73 Å². The Kier molecular flexibility index (Phi) is 4.19. The molecule has 0 saturated heterocycles. The molecule has 0 radical (unpaired) electrons. The molecule has 4 heteroatoms. The third-order valence-electron chi connectivity index (χ3n) is 1.80. The minimum atomic E-state index is -0.142. The third kappa shape index (κ3) is 2.95. The first-order chi connectivity index (χ1) is 6.15. The first-order valence-corrected chi connectivity index (χ1v) is 5.13. The molecule has 1 atom stereocenters. The lowest BCUT2D eigenvalue weighted by Crippen LogP contribution is -2.12. The summed E-state index contributed by atoms with van der Waals surface area (Å²) >= 11 is 9.15. The van der Waals surface area contributed by atoms with Crippen molar-refractivity contribution in [2.75, 3.05) is 6.61 Å². The monoisotopic (exact) mass is 263 g/mol. The lowest BCUT2D eigenvalue weighted by molar-refractivity contribution is 0.276. The van der Waals surface area contributed by atoms with E-state index in [0.717, 1.165) is 10.0 Å². The zero-order valence-corrected chi connectivity index (χ0v) is 9.35. The van der Waals surface area contributed by atoms with Gasteiger partial charge >= 0.3 is 0 Å². The summed E-state index contributed by atoms with van der Waals surface area (Å²) < 4.78 is 0.890. The molecule has 0 amide bonds. The van der Waals surface area contributed by atoms with Crippen LogP contribution in [0.4, 0.5) is 0 Å². The van der Waals surface area contributed by atoms with Crippen molar-refractivity contribution < 1.29 is 5.11 Å². The van der Waals surface area contributed by atoms with Gasteiger partial charge in [-0.1, -0.05) is 33.6 Å². The molecule has 13 heavy (non-hydrogen) atoms. The van der Waals surface area contributed by atoms with Gasteiger partial charge in [-0.2, -0.15) is 0 Å². The summed E-state index contributed by atoms with van der Waals surface area (Å²) in [6.45, 7) is 0.0935. The van der Waals surface area contributed by atoms with Gasteiger partial charge in [0.15, 0.2) is 0 Å². The number of aliphatic hydroxyl groups excluding tert-OH is 1. The van der Waals surface area contributed by atoms with Crippen LogP contribution in [0, 0.1) is 0 Å². The molecule has 2 nitrogen and oxygen atoms in total. The minimum absolute atomic E-state index is 0.0935. The highest BCUT2D eigenvalue weighted by Gasteiger charge is 2.08. The highest BCUT2D eigenvalue weighted by Crippen LogP contribution is 2.26. The summed E-state index contributed by atoms with van der Waals surface area (Å²) in [4.78, 5) is 0. The van der Waals surface area contributed by atoms with Crippen LogP contribution >= 0.6 is 27.5 Å². The van der Waals surface area contributed by atoms with Crippen LogP contribution in [0.5, 0.6) is 0 Å². The highest BCUT2D eigenvalue weighted by atomic mass is 79.9. The van der Waals surface area contributed by atoms with Crippen molar-refractivity contribution in [3.05, 3.63) is 33.3 Å². The van der Waals surface area contributed by atoms with Gasteiger partial charge in [0.1, 0.15) is 0 Å². The van der Waals surface area contributed by atoms with Crippen LogP contribution in [0.2, 0.25) is 5.02 Å². The van der Waals surface area contributed by atoms with Gasteiger partial charge in [0.25, 0.3) is 0 Å². The molecule has 0 fully saturated rings. The van der Waals surface area contributed by atoms with Crippen molar-refractivity contribution in [1.29, 1.82) is 0 Å². The molecule has 3 N–H and O–H groups in total. The van der Waals surface area contributed by atoms with Crippen molar-refractivity contribution in [1.82, 2.24) is 0 Å². The van der Waals surface area contributed by atoms with Gasteiger partial charge < -0.3 is 10.8 Å². The van der Waals surface area contributed by atoms with E-state index >= 15 is 0 Å². The second-order valence-corrected chi connectivity index (χ2v) is 4.08. The molecule has 1 rings (SSSR count). The standard InChI is InChI=1S/C9H11BrClNO/c10-8-5-6(11)1-2-7(8)9(12)3-4-13/h1-2,5,9,13H,3-4,12H2/t9-/m1/s1. The van der Waals surface area contributed by atoms with E-state index in [4.69, 9.17) is 22.4 Å². The first kappa shape index (κ1) is 11.0. The van der Waals surface area contributed by atoms with Gasteiger partial charge in [0.2, 0.25) is 0 Å². The molecule has 1 aromatic rings. The van der Waals surface area contributed by atoms with E-state index in [0.29, 0.717) is 11.4 Å². The Morgan fingerprint density at radius 1 is 1.54 bits per heavy atom. The summed E-state index contributed by atoms with van der Waals surface area (Å²) in [5.74, 6) is 0.